The van der Waals surface area contributed by atoms with Crippen molar-refractivity contribution in [2.75, 3.05) is 11.8 Å². The second-order valence-corrected chi connectivity index (χ2v) is 8.64. The molecular formula is C15H18N2O4S2. The molecule has 0 radical (unpaired) electrons. The third-order valence-corrected chi connectivity index (χ3v) is 6.28. The minimum Gasteiger partial charge on any atom is -0.280 e. The van der Waals surface area contributed by atoms with Gasteiger partial charge in [0.2, 0.25) is 10.0 Å². The Morgan fingerprint density at radius 2 is 1.43 bits per heavy atom. The number of hydrogen-bond acceptors (Lipinski definition) is 4. The molecule has 0 spiro atoms. The lowest BCUT2D eigenvalue weighted by Crippen LogP contribution is -2.20. The highest BCUT2D eigenvalue weighted by atomic mass is 32.2. The highest BCUT2D eigenvalue weighted by molar-refractivity contribution is 7.92. The Kier molecular flexibility index (Phi) is 4.79. The van der Waals surface area contributed by atoms with E-state index in [-0.39, 0.29) is 15.5 Å². The molecule has 0 saturated heterocycles. The molecule has 0 heterocycles. The average molecular weight is 354 g/mol. The van der Waals surface area contributed by atoms with E-state index >= 15 is 0 Å². The number of nitrogens with one attached hydrogen (secondary N) is 2. The summed E-state index contributed by atoms with van der Waals surface area (Å²) in [5.41, 5.74) is 1.66. The second kappa shape index (κ2) is 6.31. The van der Waals surface area contributed by atoms with Gasteiger partial charge in [0.1, 0.15) is 0 Å². The molecule has 0 bridgehead atoms. The molecule has 2 aromatic carbocycles. The molecule has 2 aromatic rings. The molecule has 0 saturated carbocycles. The summed E-state index contributed by atoms with van der Waals surface area (Å²) in [5.74, 6) is 0. The van der Waals surface area contributed by atoms with Crippen molar-refractivity contribution >= 4 is 25.7 Å². The summed E-state index contributed by atoms with van der Waals surface area (Å²) in [6.45, 7) is 3.50. The summed E-state index contributed by atoms with van der Waals surface area (Å²) in [4.78, 5) is 0.144. The van der Waals surface area contributed by atoms with Crippen molar-refractivity contribution in [1.82, 2.24) is 4.72 Å². The third kappa shape index (κ3) is 3.90. The van der Waals surface area contributed by atoms with E-state index in [1.165, 1.54) is 31.3 Å². The van der Waals surface area contributed by atoms with Crippen molar-refractivity contribution in [3.63, 3.8) is 0 Å². The number of sulfonamides is 2. The first-order valence-corrected chi connectivity index (χ1v) is 9.76. The van der Waals surface area contributed by atoms with Crippen LogP contribution in [0.4, 0.5) is 5.69 Å². The van der Waals surface area contributed by atoms with Crippen LogP contribution in [0.5, 0.6) is 0 Å². The van der Waals surface area contributed by atoms with Crippen LogP contribution in [0.2, 0.25) is 0 Å². The summed E-state index contributed by atoms with van der Waals surface area (Å²) < 4.78 is 53.2. The van der Waals surface area contributed by atoms with Crippen molar-refractivity contribution in [3.05, 3.63) is 53.6 Å². The SMILES string of the molecule is CNS(=O)(=O)c1cc(NS(=O)(=O)c2ccc(C)cc2)ccc1C. The molecule has 6 nitrogen and oxygen atoms in total. The van der Waals surface area contributed by atoms with Crippen molar-refractivity contribution in [2.24, 2.45) is 0 Å². The van der Waals surface area contributed by atoms with Crippen LogP contribution in [0.3, 0.4) is 0 Å². The molecule has 0 aromatic heterocycles. The monoisotopic (exact) mass is 354 g/mol. The normalized spacial score (nSPS) is 12.1. The van der Waals surface area contributed by atoms with Crippen LogP contribution in [-0.4, -0.2) is 23.9 Å². The Labute approximate surface area is 136 Å². The largest absolute Gasteiger partial charge is 0.280 e. The molecular weight excluding hydrogens is 336 g/mol. The maximum atomic E-state index is 12.4. The molecule has 0 amide bonds. The van der Waals surface area contributed by atoms with Gasteiger partial charge in [0.15, 0.2) is 0 Å². The van der Waals surface area contributed by atoms with Gasteiger partial charge in [0.05, 0.1) is 15.5 Å². The van der Waals surface area contributed by atoms with E-state index in [0.29, 0.717) is 5.56 Å². The Morgan fingerprint density at radius 1 is 0.826 bits per heavy atom. The molecule has 0 unspecified atom stereocenters. The highest BCUT2D eigenvalue weighted by Crippen LogP contribution is 2.22. The van der Waals surface area contributed by atoms with Gasteiger partial charge in [-0.1, -0.05) is 23.8 Å². The summed E-state index contributed by atoms with van der Waals surface area (Å²) in [5, 5.41) is 0. The number of rotatable bonds is 5. The molecule has 8 heteroatoms. The van der Waals surface area contributed by atoms with Crippen LogP contribution in [0.15, 0.2) is 52.3 Å². The van der Waals surface area contributed by atoms with E-state index in [9.17, 15) is 16.8 Å². The van der Waals surface area contributed by atoms with E-state index in [4.69, 9.17) is 0 Å². The Balaban J connectivity index is 2.41. The van der Waals surface area contributed by atoms with Crippen LogP contribution in [0.1, 0.15) is 11.1 Å². The first-order chi connectivity index (χ1) is 10.7. The maximum Gasteiger partial charge on any atom is 0.261 e. The van der Waals surface area contributed by atoms with E-state index in [2.05, 4.69) is 9.44 Å². The lowest BCUT2D eigenvalue weighted by atomic mass is 10.2. The lowest BCUT2D eigenvalue weighted by molar-refractivity contribution is 0.587. The summed E-state index contributed by atoms with van der Waals surface area (Å²) in [7, 11) is -6.14. The fraction of sp³-hybridized carbons (Fsp3) is 0.200. The zero-order valence-electron chi connectivity index (χ0n) is 13.0. The highest BCUT2D eigenvalue weighted by Gasteiger charge is 2.18. The number of anilines is 1. The predicted molar refractivity (Wildman–Crippen MR) is 89.4 cm³/mol. The Morgan fingerprint density at radius 3 is 2.00 bits per heavy atom. The van der Waals surface area contributed by atoms with E-state index in [1.807, 2.05) is 6.92 Å². The zero-order chi connectivity index (χ0) is 17.3. The Bertz CT molecular complexity index is 918. The van der Waals surface area contributed by atoms with E-state index < -0.39 is 20.0 Å². The van der Waals surface area contributed by atoms with E-state index in [1.54, 1.807) is 25.1 Å². The molecule has 0 fully saturated rings. The van der Waals surface area contributed by atoms with Crippen LogP contribution in [0, 0.1) is 13.8 Å². The topological polar surface area (TPSA) is 92.3 Å². The van der Waals surface area contributed by atoms with Crippen molar-refractivity contribution in [3.8, 4) is 0 Å². The molecule has 0 aliphatic rings. The molecule has 0 aliphatic heterocycles. The van der Waals surface area contributed by atoms with Crippen molar-refractivity contribution in [2.45, 2.75) is 23.6 Å². The molecule has 23 heavy (non-hydrogen) atoms. The zero-order valence-corrected chi connectivity index (χ0v) is 14.6. The van der Waals surface area contributed by atoms with Gasteiger partial charge in [-0.15, -0.1) is 0 Å². The first-order valence-electron chi connectivity index (χ1n) is 6.79. The smallest absolute Gasteiger partial charge is 0.261 e. The summed E-state index contributed by atoms with van der Waals surface area (Å²) >= 11 is 0. The second-order valence-electron chi connectivity index (χ2n) is 5.11. The predicted octanol–water partition coefficient (Wildman–Crippen LogP) is 2.01. The van der Waals surface area contributed by atoms with Crippen LogP contribution in [-0.2, 0) is 20.0 Å². The van der Waals surface area contributed by atoms with Gasteiger partial charge >= 0.3 is 0 Å². The van der Waals surface area contributed by atoms with Crippen LogP contribution >= 0.6 is 0 Å². The molecule has 2 N–H and O–H groups in total. The molecule has 0 atom stereocenters. The molecule has 0 aliphatic carbocycles. The van der Waals surface area contributed by atoms with Gasteiger partial charge in [0, 0.05) is 0 Å². The standard InChI is InChI=1S/C15H18N2O4S2/c1-11-4-8-14(9-5-11)22(18,19)17-13-7-6-12(2)15(10-13)23(20,21)16-3/h4-10,16-17H,1-3H3. The van der Waals surface area contributed by atoms with Gasteiger partial charge in [-0.25, -0.2) is 21.6 Å². The van der Waals surface area contributed by atoms with Crippen LogP contribution < -0.4 is 9.44 Å². The van der Waals surface area contributed by atoms with E-state index in [0.717, 1.165) is 5.56 Å². The third-order valence-electron chi connectivity index (χ3n) is 3.33. The fourth-order valence-corrected chi connectivity index (χ4v) is 4.04. The van der Waals surface area contributed by atoms with Crippen molar-refractivity contribution < 1.29 is 16.8 Å². The fourth-order valence-electron chi connectivity index (χ4n) is 1.99. The van der Waals surface area contributed by atoms with Crippen LogP contribution in [0.25, 0.3) is 0 Å². The maximum absolute atomic E-state index is 12.4. The average Bonchev–Trinajstić information content (AvgIpc) is 2.49. The molecule has 124 valence electrons. The van der Waals surface area contributed by atoms with Gasteiger partial charge < -0.3 is 0 Å². The quantitative estimate of drug-likeness (QED) is 0.859. The van der Waals surface area contributed by atoms with Gasteiger partial charge in [-0.3, -0.25) is 4.72 Å². The number of aryl methyl sites for hydroxylation is 2. The number of hydrogen-bond donors (Lipinski definition) is 2. The minimum atomic E-state index is -3.78. The van der Waals surface area contributed by atoms with Gasteiger partial charge in [-0.2, -0.15) is 0 Å². The minimum absolute atomic E-state index is 0.0316. The molecule has 2 rings (SSSR count). The number of benzene rings is 2. The lowest BCUT2D eigenvalue weighted by Gasteiger charge is -2.12. The van der Waals surface area contributed by atoms with Crippen molar-refractivity contribution in [1.29, 1.82) is 0 Å². The Hall–Kier alpha value is -1.90. The van der Waals surface area contributed by atoms with Gasteiger partial charge in [0.25, 0.3) is 10.0 Å². The summed E-state index contributed by atoms with van der Waals surface area (Å²) in [6, 6.07) is 10.8. The van der Waals surface area contributed by atoms with Gasteiger partial charge in [-0.05, 0) is 50.7 Å². The summed E-state index contributed by atoms with van der Waals surface area (Å²) in [6.07, 6.45) is 0. The first kappa shape index (κ1) is 17.5.